The standard InChI is InChI=1S/C16H22BrN3/c1-10(2)12-7-6-11(3)13(8-12)15-16(17)20(5)14(19-15)9-18-4/h6-8,10,18H,9H2,1-5H3. The van der Waals surface area contributed by atoms with E-state index in [0.717, 1.165) is 22.7 Å². The molecule has 20 heavy (non-hydrogen) atoms. The molecule has 4 heteroatoms. The molecule has 0 amide bonds. The molecule has 0 aliphatic carbocycles. The number of benzene rings is 1. The molecular weight excluding hydrogens is 314 g/mol. The lowest BCUT2D eigenvalue weighted by Gasteiger charge is -2.10. The first-order valence-electron chi connectivity index (χ1n) is 6.92. The van der Waals surface area contributed by atoms with Gasteiger partial charge in [0, 0.05) is 12.6 Å². The zero-order valence-corrected chi connectivity index (χ0v) is 14.4. The number of hydrogen-bond acceptors (Lipinski definition) is 2. The van der Waals surface area contributed by atoms with Crippen molar-refractivity contribution < 1.29 is 0 Å². The predicted octanol–water partition coefficient (Wildman–Crippen LogP) is 4.00. The van der Waals surface area contributed by atoms with Gasteiger partial charge in [-0.15, -0.1) is 0 Å². The molecule has 0 saturated carbocycles. The summed E-state index contributed by atoms with van der Waals surface area (Å²) in [6.45, 7) is 7.33. The Morgan fingerprint density at radius 3 is 2.65 bits per heavy atom. The van der Waals surface area contributed by atoms with Crippen LogP contribution in [0.15, 0.2) is 22.8 Å². The molecule has 1 aromatic heterocycles. The van der Waals surface area contributed by atoms with E-state index in [4.69, 9.17) is 4.98 Å². The molecule has 2 rings (SSSR count). The van der Waals surface area contributed by atoms with Crippen LogP contribution in [0.5, 0.6) is 0 Å². The summed E-state index contributed by atoms with van der Waals surface area (Å²) < 4.78 is 3.12. The Balaban J connectivity index is 2.56. The van der Waals surface area contributed by atoms with Gasteiger partial charge in [-0.1, -0.05) is 26.0 Å². The minimum atomic E-state index is 0.522. The fourth-order valence-electron chi connectivity index (χ4n) is 2.26. The van der Waals surface area contributed by atoms with E-state index < -0.39 is 0 Å². The molecule has 108 valence electrons. The lowest BCUT2D eigenvalue weighted by molar-refractivity contribution is 0.704. The number of aromatic nitrogens is 2. The summed E-state index contributed by atoms with van der Waals surface area (Å²) in [6, 6.07) is 6.65. The Labute approximate surface area is 129 Å². The van der Waals surface area contributed by atoms with Crippen LogP contribution in [0.4, 0.5) is 0 Å². The summed E-state index contributed by atoms with van der Waals surface area (Å²) in [5, 5.41) is 3.16. The maximum absolute atomic E-state index is 4.78. The van der Waals surface area contributed by atoms with E-state index >= 15 is 0 Å². The molecule has 1 N–H and O–H groups in total. The van der Waals surface area contributed by atoms with E-state index in [0.29, 0.717) is 5.92 Å². The number of hydrogen-bond donors (Lipinski definition) is 1. The first-order valence-corrected chi connectivity index (χ1v) is 7.71. The van der Waals surface area contributed by atoms with Gasteiger partial charge >= 0.3 is 0 Å². The second-order valence-electron chi connectivity index (χ2n) is 5.49. The zero-order chi connectivity index (χ0) is 14.9. The van der Waals surface area contributed by atoms with E-state index in [1.54, 1.807) is 0 Å². The van der Waals surface area contributed by atoms with E-state index in [9.17, 15) is 0 Å². The van der Waals surface area contributed by atoms with Crippen molar-refractivity contribution >= 4 is 15.9 Å². The SMILES string of the molecule is CNCc1nc(-c2cc(C(C)C)ccc2C)c(Br)n1C. The third kappa shape index (κ3) is 2.81. The van der Waals surface area contributed by atoms with Gasteiger partial charge in [0.05, 0.1) is 6.54 Å². The molecule has 1 heterocycles. The monoisotopic (exact) mass is 335 g/mol. The molecular formula is C16H22BrN3. The van der Waals surface area contributed by atoms with Gasteiger partial charge < -0.3 is 9.88 Å². The molecule has 0 atom stereocenters. The number of halogens is 1. The molecule has 0 aliphatic rings. The van der Waals surface area contributed by atoms with Crippen LogP contribution in [-0.4, -0.2) is 16.6 Å². The highest BCUT2D eigenvalue weighted by atomic mass is 79.9. The molecule has 3 nitrogen and oxygen atoms in total. The van der Waals surface area contributed by atoms with Gasteiger partial charge in [-0.25, -0.2) is 4.98 Å². The van der Waals surface area contributed by atoms with Gasteiger partial charge in [-0.05, 0) is 53.0 Å². The smallest absolute Gasteiger partial charge is 0.124 e. The first-order chi connectivity index (χ1) is 9.45. The molecule has 0 fully saturated rings. The molecule has 0 radical (unpaired) electrons. The second kappa shape index (κ2) is 6.10. The van der Waals surface area contributed by atoms with Crippen LogP contribution in [0.3, 0.4) is 0 Å². The molecule has 0 spiro atoms. The van der Waals surface area contributed by atoms with Crippen molar-refractivity contribution in [1.29, 1.82) is 0 Å². The van der Waals surface area contributed by atoms with E-state index in [1.165, 1.54) is 16.7 Å². The number of nitrogens with one attached hydrogen (secondary N) is 1. The Morgan fingerprint density at radius 2 is 2.05 bits per heavy atom. The van der Waals surface area contributed by atoms with Crippen molar-refractivity contribution in [3.63, 3.8) is 0 Å². The van der Waals surface area contributed by atoms with Crippen LogP contribution in [0.25, 0.3) is 11.3 Å². The average molecular weight is 336 g/mol. The summed E-state index contributed by atoms with van der Waals surface area (Å²) in [7, 11) is 3.97. The van der Waals surface area contributed by atoms with Crippen molar-refractivity contribution in [3.8, 4) is 11.3 Å². The maximum Gasteiger partial charge on any atom is 0.124 e. The van der Waals surface area contributed by atoms with Gasteiger partial charge in [-0.3, -0.25) is 0 Å². The summed E-state index contributed by atoms with van der Waals surface area (Å²) in [6.07, 6.45) is 0. The van der Waals surface area contributed by atoms with Gasteiger partial charge in [0.25, 0.3) is 0 Å². The predicted molar refractivity (Wildman–Crippen MR) is 87.9 cm³/mol. The average Bonchev–Trinajstić information content (AvgIpc) is 2.68. The highest BCUT2D eigenvalue weighted by Gasteiger charge is 2.16. The zero-order valence-electron chi connectivity index (χ0n) is 12.8. The quantitative estimate of drug-likeness (QED) is 0.915. The van der Waals surface area contributed by atoms with E-state index in [1.807, 2.05) is 14.1 Å². The van der Waals surface area contributed by atoms with Crippen LogP contribution < -0.4 is 5.32 Å². The fraction of sp³-hybridized carbons (Fsp3) is 0.438. The fourth-order valence-corrected chi connectivity index (χ4v) is 2.77. The third-order valence-corrected chi connectivity index (χ3v) is 4.54. The van der Waals surface area contributed by atoms with Gasteiger partial charge in [0.2, 0.25) is 0 Å². The second-order valence-corrected chi connectivity index (χ2v) is 6.24. The summed E-state index contributed by atoms with van der Waals surface area (Å²) in [5.41, 5.74) is 4.83. The third-order valence-electron chi connectivity index (χ3n) is 3.64. The topological polar surface area (TPSA) is 29.9 Å². The van der Waals surface area contributed by atoms with Crippen molar-refractivity contribution in [2.45, 2.75) is 33.2 Å². The van der Waals surface area contributed by atoms with Gasteiger partial charge in [0.1, 0.15) is 16.1 Å². The van der Waals surface area contributed by atoms with Crippen LogP contribution in [0.2, 0.25) is 0 Å². The van der Waals surface area contributed by atoms with E-state index in [2.05, 4.69) is 64.8 Å². The highest BCUT2D eigenvalue weighted by Crippen LogP contribution is 2.32. The van der Waals surface area contributed by atoms with E-state index in [-0.39, 0.29) is 0 Å². The summed E-state index contributed by atoms with van der Waals surface area (Å²) in [5.74, 6) is 1.55. The Morgan fingerprint density at radius 1 is 1.35 bits per heavy atom. The normalized spacial score (nSPS) is 11.3. The summed E-state index contributed by atoms with van der Waals surface area (Å²) >= 11 is 3.68. The Kier molecular flexibility index (Phi) is 4.66. The van der Waals surface area contributed by atoms with Gasteiger partial charge in [0.15, 0.2) is 0 Å². The largest absolute Gasteiger partial charge is 0.324 e. The minimum absolute atomic E-state index is 0.522. The number of imidazole rings is 1. The van der Waals surface area contributed by atoms with Crippen molar-refractivity contribution in [2.24, 2.45) is 7.05 Å². The van der Waals surface area contributed by atoms with Gasteiger partial charge in [-0.2, -0.15) is 0 Å². The number of aryl methyl sites for hydroxylation is 1. The minimum Gasteiger partial charge on any atom is -0.324 e. The van der Waals surface area contributed by atoms with Crippen LogP contribution in [0.1, 0.15) is 36.7 Å². The van der Waals surface area contributed by atoms with Crippen molar-refractivity contribution in [2.75, 3.05) is 7.05 Å². The van der Waals surface area contributed by atoms with Crippen molar-refractivity contribution in [1.82, 2.24) is 14.9 Å². The number of nitrogens with zero attached hydrogens (tertiary/aromatic N) is 2. The van der Waals surface area contributed by atoms with Crippen LogP contribution in [-0.2, 0) is 13.6 Å². The lowest BCUT2D eigenvalue weighted by atomic mass is 9.96. The number of rotatable bonds is 4. The Bertz CT molecular complexity index is 614. The molecule has 0 saturated heterocycles. The molecule has 2 aromatic rings. The molecule has 1 aromatic carbocycles. The first kappa shape index (κ1) is 15.3. The highest BCUT2D eigenvalue weighted by molar-refractivity contribution is 9.10. The molecule has 0 unspecified atom stereocenters. The molecule has 0 bridgehead atoms. The van der Waals surface area contributed by atoms with Crippen molar-refractivity contribution in [3.05, 3.63) is 39.8 Å². The lowest BCUT2D eigenvalue weighted by Crippen LogP contribution is -2.10. The maximum atomic E-state index is 4.78. The Hall–Kier alpha value is -1.13. The van der Waals surface area contributed by atoms with Crippen LogP contribution >= 0.6 is 15.9 Å². The summed E-state index contributed by atoms with van der Waals surface area (Å²) in [4.78, 5) is 4.78. The molecule has 0 aliphatic heterocycles. The van der Waals surface area contributed by atoms with Crippen LogP contribution in [0, 0.1) is 6.92 Å².